The standard InChI is InChI=1S/C15H19N3O3S/c1-22(20,21)18-9-3-2-4-14(18)15(19)17-11-13-7-5-12(10-16)6-8-13/h5-8,14H,2-4,9,11H2,1H3,(H,17,19). The van der Waals surface area contributed by atoms with Crippen LogP contribution < -0.4 is 5.32 Å². The van der Waals surface area contributed by atoms with E-state index >= 15 is 0 Å². The fraction of sp³-hybridized carbons (Fsp3) is 0.467. The number of rotatable bonds is 4. The summed E-state index contributed by atoms with van der Waals surface area (Å²) in [6.07, 6.45) is 3.32. The van der Waals surface area contributed by atoms with Gasteiger partial charge < -0.3 is 5.32 Å². The van der Waals surface area contributed by atoms with Crippen molar-refractivity contribution in [2.24, 2.45) is 0 Å². The summed E-state index contributed by atoms with van der Waals surface area (Å²) < 4.78 is 24.8. The van der Waals surface area contributed by atoms with Crippen molar-refractivity contribution in [1.82, 2.24) is 9.62 Å². The average molecular weight is 321 g/mol. The maximum atomic E-state index is 12.3. The van der Waals surface area contributed by atoms with Crippen LogP contribution in [0.15, 0.2) is 24.3 Å². The predicted molar refractivity (Wildman–Crippen MR) is 82.2 cm³/mol. The molecule has 1 saturated heterocycles. The number of benzene rings is 1. The number of carbonyl (C=O) groups is 1. The minimum Gasteiger partial charge on any atom is -0.351 e. The van der Waals surface area contributed by atoms with Crippen molar-refractivity contribution in [2.75, 3.05) is 12.8 Å². The van der Waals surface area contributed by atoms with Crippen LogP contribution in [0.2, 0.25) is 0 Å². The number of nitriles is 1. The topological polar surface area (TPSA) is 90.3 Å². The molecule has 1 heterocycles. The van der Waals surface area contributed by atoms with Gasteiger partial charge in [-0.15, -0.1) is 0 Å². The molecule has 118 valence electrons. The summed E-state index contributed by atoms with van der Waals surface area (Å²) in [6, 6.07) is 8.32. The molecule has 1 atom stereocenters. The van der Waals surface area contributed by atoms with Crippen molar-refractivity contribution in [2.45, 2.75) is 31.8 Å². The first-order valence-electron chi connectivity index (χ1n) is 7.15. The molecule has 0 aliphatic carbocycles. The summed E-state index contributed by atoms with van der Waals surface area (Å²) in [4.78, 5) is 12.3. The molecule has 2 rings (SSSR count). The lowest BCUT2D eigenvalue weighted by Gasteiger charge is -2.32. The van der Waals surface area contributed by atoms with E-state index in [2.05, 4.69) is 5.32 Å². The third-order valence-electron chi connectivity index (χ3n) is 3.73. The Bertz CT molecular complexity index is 677. The molecule has 1 aromatic rings. The summed E-state index contributed by atoms with van der Waals surface area (Å²) in [5, 5.41) is 11.5. The minimum atomic E-state index is -3.38. The van der Waals surface area contributed by atoms with Gasteiger partial charge >= 0.3 is 0 Å². The Morgan fingerprint density at radius 2 is 2.05 bits per heavy atom. The molecule has 22 heavy (non-hydrogen) atoms. The average Bonchev–Trinajstić information content (AvgIpc) is 2.52. The summed E-state index contributed by atoms with van der Waals surface area (Å²) in [5.41, 5.74) is 1.43. The molecule has 1 fully saturated rings. The van der Waals surface area contributed by atoms with Crippen molar-refractivity contribution in [1.29, 1.82) is 5.26 Å². The molecule has 1 N–H and O–H groups in total. The van der Waals surface area contributed by atoms with Crippen molar-refractivity contribution in [3.63, 3.8) is 0 Å². The van der Waals surface area contributed by atoms with Crippen molar-refractivity contribution in [3.05, 3.63) is 35.4 Å². The Balaban J connectivity index is 1.99. The second-order valence-corrected chi connectivity index (χ2v) is 7.35. The van der Waals surface area contributed by atoms with Crippen LogP contribution in [-0.2, 0) is 21.4 Å². The summed E-state index contributed by atoms with van der Waals surface area (Å²) in [5.74, 6) is -0.269. The molecule has 0 saturated carbocycles. The van der Waals surface area contributed by atoms with Gasteiger partial charge in [-0.2, -0.15) is 9.57 Å². The van der Waals surface area contributed by atoms with Crippen molar-refractivity contribution < 1.29 is 13.2 Å². The quantitative estimate of drug-likeness (QED) is 0.895. The zero-order valence-corrected chi connectivity index (χ0v) is 13.3. The third-order valence-corrected chi connectivity index (χ3v) is 5.02. The molecule has 0 spiro atoms. The van der Waals surface area contributed by atoms with E-state index in [1.54, 1.807) is 24.3 Å². The summed E-state index contributed by atoms with van der Waals surface area (Å²) in [7, 11) is -3.38. The maximum Gasteiger partial charge on any atom is 0.238 e. The minimum absolute atomic E-state index is 0.269. The number of nitrogens with one attached hydrogen (secondary N) is 1. The van der Waals surface area contributed by atoms with Crippen molar-refractivity contribution >= 4 is 15.9 Å². The summed E-state index contributed by atoms with van der Waals surface area (Å²) >= 11 is 0. The molecule has 6 nitrogen and oxygen atoms in total. The molecule has 1 aromatic carbocycles. The molecular formula is C15H19N3O3S. The number of nitrogens with zero attached hydrogens (tertiary/aromatic N) is 2. The van der Waals surface area contributed by atoms with E-state index in [0.717, 1.165) is 24.7 Å². The van der Waals surface area contributed by atoms with E-state index in [9.17, 15) is 13.2 Å². The SMILES string of the molecule is CS(=O)(=O)N1CCCCC1C(=O)NCc1ccc(C#N)cc1. The highest BCUT2D eigenvalue weighted by Crippen LogP contribution is 2.20. The van der Waals surface area contributed by atoms with Gasteiger partial charge in [0, 0.05) is 13.1 Å². The molecule has 1 aliphatic rings. The number of carbonyl (C=O) groups excluding carboxylic acids is 1. The highest BCUT2D eigenvalue weighted by atomic mass is 32.2. The maximum absolute atomic E-state index is 12.3. The van der Waals surface area contributed by atoms with E-state index in [-0.39, 0.29) is 5.91 Å². The van der Waals surface area contributed by atoms with Gasteiger partial charge in [-0.05, 0) is 30.5 Å². The van der Waals surface area contributed by atoms with Gasteiger partial charge in [0.25, 0.3) is 0 Å². The first-order valence-corrected chi connectivity index (χ1v) is 9.00. The smallest absolute Gasteiger partial charge is 0.238 e. The molecule has 0 aromatic heterocycles. The second-order valence-electron chi connectivity index (χ2n) is 5.41. The van der Waals surface area contributed by atoms with Gasteiger partial charge in [-0.25, -0.2) is 8.42 Å². The van der Waals surface area contributed by atoms with Gasteiger partial charge in [0.05, 0.1) is 17.9 Å². The normalized spacial score (nSPS) is 19.4. The van der Waals surface area contributed by atoms with Crippen LogP contribution in [0, 0.1) is 11.3 Å². The number of piperidine rings is 1. The number of amides is 1. The van der Waals surface area contributed by atoms with Crippen LogP contribution in [0.4, 0.5) is 0 Å². The van der Waals surface area contributed by atoms with Gasteiger partial charge in [-0.3, -0.25) is 4.79 Å². The Hall–Kier alpha value is -1.91. The summed E-state index contributed by atoms with van der Waals surface area (Å²) in [6.45, 7) is 0.715. The Morgan fingerprint density at radius 3 is 2.64 bits per heavy atom. The second kappa shape index (κ2) is 6.90. The fourth-order valence-electron chi connectivity index (χ4n) is 2.57. The molecule has 1 aliphatic heterocycles. The highest BCUT2D eigenvalue weighted by molar-refractivity contribution is 7.88. The number of hydrogen-bond acceptors (Lipinski definition) is 4. The lowest BCUT2D eigenvalue weighted by molar-refractivity contribution is -0.125. The third kappa shape index (κ3) is 4.06. The first kappa shape index (κ1) is 16.5. The zero-order chi connectivity index (χ0) is 16.2. The van der Waals surface area contributed by atoms with Crippen LogP contribution in [-0.4, -0.2) is 37.5 Å². The Morgan fingerprint density at radius 1 is 1.36 bits per heavy atom. The van der Waals surface area contributed by atoms with E-state index in [1.165, 1.54) is 4.31 Å². The van der Waals surface area contributed by atoms with E-state index < -0.39 is 16.1 Å². The molecule has 0 bridgehead atoms. The predicted octanol–water partition coefficient (Wildman–Crippen LogP) is 0.989. The molecule has 1 unspecified atom stereocenters. The van der Waals surface area contributed by atoms with Crippen molar-refractivity contribution in [3.8, 4) is 6.07 Å². The molecular weight excluding hydrogens is 302 g/mol. The number of hydrogen-bond donors (Lipinski definition) is 1. The van der Waals surface area contributed by atoms with Crippen LogP contribution in [0.1, 0.15) is 30.4 Å². The van der Waals surface area contributed by atoms with Gasteiger partial charge in [0.15, 0.2) is 0 Å². The number of sulfonamides is 1. The highest BCUT2D eigenvalue weighted by Gasteiger charge is 2.34. The molecule has 0 radical (unpaired) electrons. The first-order chi connectivity index (χ1) is 10.4. The zero-order valence-electron chi connectivity index (χ0n) is 12.4. The Labute approximate surface area is 130 Å². The van der Waals surface area contributed by atoms with E-state index in [1.807, 2.05) is 6.07 Å². The molecule has 7 heteroatoms. The van der Waals surface area contributed by atoms with Gasteiger partial charge in [0.1, 0.15) is 6.04 Å². The van der Waals surface area contributed by atoms with Crippen LogP contribution in [0.5, 0.6) is 0 Å². The lowest BCUT2D eigenvalue weighted by atomic mass is 10.0. The van der Waals surface area contributed by atoms with E-state index in [0.29, 0.717) is 25.1 Å². The largest absolute Gasteiger partial charge is 0.351 e. The fourth-order valence-corrected chi connectivity index (χ4v) is 3.69. The van der Waals surface area contributed by atoms with Gasteiger partial charge in [0.2, 0.25) is 15.9 Å². The lowest BCUT2D eigenvalue weighted by Crippen LogP contribution is -2.51. The molecule has 1 amide bonds. The van der Waals surface area contributed by atoms with Gasteiger partial charge in [-0.1, -0.05) is 18.6 Å². The van der Waals surface area contributed by atoms with Crippen LogP contribution >= 0.6 is 0 Å². The monoisotopic (exact) mass is 321 g/mol. The van der Waals surface area contributed by atoms with Crippen LogP contribution in [0.25, 0.3) is 0 Å². The van der Waals surface area contributed by atoms with Crippen LogP contribution in [0.3, 0.4) is 0 Å². The Kier molecular flexibility index (Phi) is 5.16. The van der Waals surface area contributed by atoms with E-state index in [4.69, 9.17) is 5.26 Å².